The average Bonchev–Trinajstić information content (AvgIpc) is 2.53. The molecule has 0 aliphatic heterocycles. The normalized spacial score (nSPS) is 11.8. The summed E-state index contributed by atoms with van der Waals surface area (Å²) in [6.07, 6.45) is 0.925. The van der Waals surface area contributed by atoms with Crippen LogP contribution in [0.2, 0.25) is 0 Å². The van der Waals surface area contributed by atoms with Crippen molar-refractivity contribution in [1.29, 1.82) is 0 Å². The van der Waals surface area contributed by atoms with E-state index in [2.05, 4.69) is 5.32 Å². The molecule has 1 unspecified atom stereocenters. The molecule has 1 atom stereocenters. The zero-order chi connectivity index (χ0) is 17.5. The molecule has 2 N–H and O–H groups in total. The standard InChI is InChI=1S/C19H20FNO3/c1-13(9-10-15-6-2-3-8-17(15)20)19(24)21-16-7-4-5-14(11-16)12-18(22)23/h2-8,11,13H,9-10,12H2,1H3,(H,21,24)(H,22,23). The Bertz CT molecular complexity index is 730. The molecule has 4 nitrogen and oxygen atoms in total. The quantitative estimate of drug-likeness (QED) is 0.814. The predicted molar refractivity (Wildman–Crippen MR) is 90.3 cm³/mol. The fourth-order valence-corrected chi connectivity index (χ4v) is 2.40. The fraction of sp³-hybridized carbons (Fsp3) is 0.263. The Morgan fingerprint density at radius 3 is 2.62 bits per heavy atom. The second-order valence-corrected chi connectivity index (χ2v) is 5.79. The number of halogens is 1. The summed E-state index contributed by atoms with van der Waals surface area (Å²) in [4.78, 5) is 23.0. The molecule has 0 heterocycles. The number of amides is 1. The number of carboxylic acids is 1. The van der Waals surface area contributed by atoms with E-state index in [-0.39, 0.29) is 24.1 Å². The number of aryl methyl sites for hydroxylation is 1. The first-order chi connectivity index (χ1) is 11.5. The summed E-state index contributed by atoms with van der Waals surface area (Å²) in [6.45, 7) is 1.79. The van der Waals surface area contributed by atoms with Crippen molar-refractivity contribution in [3.05, 3.63) is 65.5 Å². The monoisotopic (exact) mass is 329 g/mol. The van der Waals surface area contributed by atoms with Gasteiger partial charge in [-0.25, -0.2) is 4.39 Å². The predicted octanol–water partition coefficient (Wildman–Crippen LogP) is 3.66. The number of hydrogen-bond acceptors (Lipinski definition) is 2. The minimum atomic E-state index is -0.920. The van der Waals surface area contributed by atoms with Gasteiger partial charge in [0.1, 0.15) is 5.82 Å². The third-order valence-corrected chi connectivity index (χ3v) is 3.80. The lowest BCUT2D eigenvalue weighted by atomic mass is 10.00. The van der Waals surface area contributed by atoms with Crippen LogP contribution in [0.15, 0.2) is 48.5 Å². The van der Waals surface area contributed by atoms with Crippen molar-refractivity contribution in [1.82, 2.24) is 0 Å². The summed E-state index contributed by atoms with van der Waals surface area (Å²) in [5.74, 6) is -1.63. The van der Waals surface area contributed by atoms with Crippen LogP contribution in [0, 0.1) is 11.7 Å². The van der Waals surface area contributed by atoms with Crippen LogP contribution in [0.25, 0.3) is 0 Å². The van der Waals surface area contributed by atoms with Gasteiger partial charge in [-0.3, -0.25) is 9.59 Å². The zero-order valence-electron chi connectivity index (χ0n) is 13.5. The third kappa shape index (κ3) is 5.19. The van der Waals surface area contributed by atoms with Gasteiger partial charge in [0.05, 0.1) is 6.42 Å². The average molecular weight is 329 g/mol. The van der Waals surface area contributed by atoms with Crippen molar-refractivity contribution in [2.75, 3.05) is 5.32 Å². The zero-order valence-corrected chi connectivity index (χ0v) is 13.5. The van der Waals surface area contributed by atoms with Crippen molar-refractivity contribution in [2.45, 2.75) is 26.2 Å². The molecule has 0 bridgehead atoms. The number of carbonyl (C=O) groups excluding carboxylic acids is 1. The van der Waals surface area contributed by atoms with Gasteiger partial charge in [0.2, 0.25) is 5.91 Å². The lowest BCUT2D eigenvalue weighted by Crippen LogP contribution is -2.21. The van der Waals surface area contributed by atoms with E-state index in [9.17, 15) is 14.0 Å². The molecule has 0 spiro atoms. The maximum atomic E-state index is 13.6. The van der Waals surface area contributed by atoms with E-state index in [1.165, 1.54) is 6.07 Å². The van der Waals surface area contributed by atoms with Gasteiger partial charge >= 0.3 is 5.97 Å². The van der Waals surface area contributed by atoms with E-state index >= 15 is 0 Å². The van der Waals surface area contributed by atoms with E-state index in [4.69, 9.17) is 5.11 Å². The molecule has 0 aliphatic carbocycles. The molecular weight excluding hydrogens is 309 g/mol. The molecule has 0 saturated heterocycles. The van der Waals surface area contributed by atoms with Gasteiger partial charge in [0.15, 0.2) is 0 Å². The van der Waals surface area contributed by atoms with E-state index in [0.29, 0.717) is 29.7 Å². The second kappa shape index (κ2) is 8.24. The highest BCUT2D eigenvalue weighted by Gasteiger charge is 2.14. The lowest BCUT2D eigenvalue weighted by molar-refractivity contribution is -0.136. The molecule has 2 aromatic rings. The Labute approximate surface area is 140 Å². The first kappa shape index (κ1) is 17.7. The van der Waals surface area contributed by atoms with Gasteiger partial charge in [0.25, 0.3) is 0 Å². The van der Waals surface area contributed by atoms with Gasteiger partial charge < -0.3 is 10.4 Å². The number of carboxylic acid groups (broad SMARTS) is 1. The van der Waals surface area contributed by atoms with Gasteiger partial charge in [0, 0.05) is 11.6 Å². The Hall–Kier alpha value is -2.69. The Morgan fingerprint density at radius 1 is 1.17 bits per heavy atom. The first-order valence-electron chi connectivity index (χ1n) is 7.80. The molecular formula is C19H20FNO3. The highest BCUT2D eigenvalue weighted by atomic mass is 19.1. The topological polar surface area (TPSA) is 66.4 Å². The van der Waals surface area contributed by atoms with Gasteiger partial charge in [-0.1, -0.05) is 37.3 Å². The largest absolute Gasteiger partial charge is 0.481 e. The number of aliphatic carboxylic acids is 1. The summed E-state index contributed by atoms with van der Waals surface area (Å²) in [5, 5.41) is 11.6. The number of anilines is 1. The molecule has 24 heavy (non-hydrogen) atoms. The smallest absolute Gasteiger partial charge is 0.307 e. The molecule has 2 rings (SSSR count). The van der Waals surface area contributed by atoms with Crippen molar-refractivity contribution in [3.63, 3.8) is 0 Å². The van der Waals surface area contributed by atoms with Gasteiger partial charge in [-0.15, -0.1) is 0 Å². The number of carbonyl (C=O) groups is 2. The van der Waals surface area contributed by atoms with Crippen LogP contribution in [0.3, 0.4) is 0 Å². The minimum absolute atomic E-state index is 0.0907. The van der Waals surface area contributed by atoms with Crippen molar-refractivity contribution < 1.29 is 19.1 Å². The van der Waals surface area contributed by atoms with Crippen LogP contribution < -0.4 is 5.32 Å². The van der Waals surface area contributed by atoms with E-state index in [1.807, 2.05) is 0 Å². The van der Waals surface area contributed by atoms with Crippen LogP contribution in [0.1, 0.15) is 24.5 Å². The third-order valence-electron chi connectivity index (χ3n) is 3.80. The molecule has 1 amide bonds. The Morgan fingerprint density at radius 2 is 1.92 bits per heavy atom. The summed E-state index contributed by atoms with van der Waals surface area (Å²) >= 11 is 0. The molecule has 0 saturated carbocycles. The van der Waals surface area contributed by atoms with Crippen molar-refractivity contribution >= 4 is 17.6 Å². The van der Waals surface area contributed by atoms with Gasteiger partial charge in [-0.2, -0.15) is 0 Å². The molecule has 0 fully saturated rings. The number of hydrogen-bond donors (Lipinski definition) is 2. The van der Waals surface area contributed by atoms with Gasteiger partial charge in [-0.05, 0) is 42.2 Å². The Balaban J connectivity index is 1.92. The summed E-state index contributed by atoms with van der Waals surface area (Å²) in [5.41, 5.74) is 1.79. The van der Waals surface area contributed by atoms with Crippen LogP contribution in [0.5, 0.6) is 0 Å². The first-order valence-corrected chi connectivity index (χ1v) is 7.80. The number of nitrogens with one attached hydrogen (secondary N) is 1. The minimum Gasteiger partial charge on any atom is -0.481 e. The maximum absolute atomic E-state index is 13.6. The molecule has 0 aromatic heterocycles. The molecule has 126 valence electrons. The van der Waals surface area contributed by atoms with Crippen LogP contribution in [0.4, 0.5) is 10.1 Å². The van der Waals surface area contributed by atoms with Crippen molar-refractivity contribution in [3.8, 4) is 0 Å². The highest BCUT2D eigenvalue weighted by Crippen LogP contribution is 2.16. The van der Waals surface area contributed by atoms with Crippen LogP contribution in [-0.2, 0) is 22.4 Å². The van der Waals surface area contributed by atoms with Crippen LogP contribution in [-0.4, -0.2) is 17.0 Å². The van der Waals surface area contributed by atoms with Crippen molar-refractivity contribution in [2.24, 2.45) is 5.92 Å². The van der Waals surface area contributed by atoms with E-state index in [0.717, 1.165) is 0 Å². The SMILES string of the molecule is CC(CCc1ccccc1F)C(=O)Nc1cccc(CC(=O)O)c1. The number of rotatable bonds is 7. The Kier molecular flexibility index (Phi) is 6.07. The molecule has 5 heteroatoms. The summed E-state index contributed by atoms with van der Waals surface area (Å²) in [6, 6.07) is 13.3. The van der Waals surface area contributed by atoms with E-state index < -0.39 is 5.97 Å². The highest BCUT2D eigenvalue weighted by molar-refractivity contribution is 5.92. The summed E-state index contributed by atoms with van der Waals surface area (Å²) in [7, 11) is 0. The summed E-state index contributed by atoms with van der Waals surface area (Å²) < 4.78 is 13.6. The second-order valence-electron chi connectivity index (χ2n) is 5.79. The van der Waals surface area contributed by atoms with Crippen LogP contribution >= 0.6 is 0 Å². The number of benzene rings is 2. The fourth-order valence-electron chi connectivity index (χ4n) is 2.40. The molecule has 0 aliphatic rings. The molecule has 2 aromatic carbocycles. The lowest BCUT2D eigenvalue weighted by Gasteiger charge is -2.13. The molecule has 0 radical (unpaired) electrons. The maximum Gasteiger partial charge on any atom is 0.307 e. The van der Waals surface area contributed by atoms with E-state index in [1.54, 1.807) is 49.4 Å².